The minimum Gasteiger partial charge on any atom is -0.376 e. The van der Waals surface area contributed by atoms with Crippen LogP contribution in [0.1, 0.15) is 12.0 Å². The van der Waals surface area contributed by atoms with Crippen LogP contribution in [0.25, 0.3) is 22.2 Å². The smallest absolute Gasteiger partial charge is 0.142 e. The highest BCUT2D eigenvalue weighted by Gasteiger charge is 2.46. The van der Waals surface area contributed by atoms with Crippen molar-refractivity contribution < 1.29 is 5.11 Å². The van der Waals surface area contributed by atoms with Gasteiger partial charge in [-0.05, 0) is 20.2 Å². The van der Waals surface area contributed by atoms with Gasteiger partial charge >= 0.3 is 0 Å². The molecule has 0 spiro atoms. The summed E-state index contributed by atoms with van der Waals surface area (Å²) in [5.74, 6) is 0. The summed E-state index contributed by atoms with van der Waals surface area (Å²) in [5.41, 5.74) is 2.20. The maximum Gasteiger partial charge on any atom is 0.142 e. The van der Waals surface area contributed by atoms with Crippen LogP contribution in [0, 0.1) is 22.7 Å². The molecule has 9 nitrogen and oxygen atoms in total. The van der Waals surface area contributed by atoms with Gasteiger partial charge in [0.1, 0.15) is 24.0 Å². The minimum absolute atomic E-state index is 0.189. The molecular weight excluding hydrogens is 388 g/mol. The SMILES string of the molecule is CN(C)SN1CC(CC#N)(n2cc(-c3c(C#N)cnc4c3ccn4CO)cn2)C1. The van der Waals surface area contributed by atoms with Gasteiger partial charge in [-0.15, -0.1) is 0 Å². The molecule has 4 heterocycles. The highest BCUT2D eigenvalue weighted by molar-refractivity contribution is 7.94. The Balaban J connectivity index is 1.74. The fraction of sp³-hybridized carbons (Fsp3) is 0.368. The van der Waals surface area contributed by atoms with Crippen LogP contribution in [0.3, 0.4) is 0 Å². The molecule has 0 atom stereocenters. The molecule has 1 saturated heterocycles. The average Bonchev–Trinajstić information content (AvgIpc) is 3.32. The Morgan fingerprint density at radius 1 is 1.31 bits per heavy atom. The van der Waals surface area contributed by atoms with E-state index >= 15 is 0 Å². The molecule has 0 unspecified atom stereocenters. The van der Waals surface area contributed by atoms with E-state index in [1.165, 1.54) is 6.20 Å². The lowest BCUT2D eigenvalue weighted by molar-refractivity contribution is 0.0787. The van der Waals surface area contributed by atoms with Crippen LogP contribution < -0.4 is 0 Å². The van der Waals surface area contributed by atoms with E-state index in [2.05, 4.69) is 26.5 Å². The first kappa shape index (κ1) is 19.4. The summed E-state index contributed by atoms with van der Waals surface area (Å²) in [5, 5.41) is 33.8. The number of aliphatic hydroxyl groups is 1. The first-order valence-electron chi connectivity index (χ1n) is 9.03. The van der Waals surface area contributed by atoms with Crippen molar-refractivity contribution in [3.8, 4) is 23.3 Å². The molecule has 4 rings (SSSR count). The summed E-state index contributed by atoms with van der Waals surface area (Å²) in [6, 6.07) is 6.34. The molecule has 1 fully saturated rings. The molecule has 148 valence electrons. The van der Waals surface area contributed by atoms with Gasteiger partial charge in [0.15, 0.2) is 0 Å². The average molecular weight is 408 g/mol. The number of aromatic nitrogens is 4. The third-order valence-corrected chi connectivity index (χ3v) is 5.86. The van der Waals surface area contributed by atoms with Gasteiger partial charge < -0.3 is 9.67 Å². The minimum atomic E-state index is -0.383. The molecule has 0 aliphatic carbocycles. The van der Waals surface area contributed by atoms with Gasteiger partial charge in [0.25, 0.3) is 0 Å². The van der Waals surface area contributed by atoms with Crippen molar-refractivity contribution in [2.45, 2.75) is 18.7 Å². The van der Waals surface area contributed by atoms with E-state index in [-0.39, 0.29) is 12.3 Å². The number of pyridine rings is 1. The van der Waals surface area contributed by atoms with E-state index in [9.17, 15) is 15.6 Å². The Hall–Kier alpha value is -2.89. The first-order valence-corrected chi connectivity index (χ1v) is 9.76. The van der Waals surface area contributed by atoms with Crippen LogP contribution >= 0.6 is 12.1 Å². The van der Waals surface area contributed by atoms with E-state index in [0.29, 0.717) is 30.7 Å². The van der Waals surface area contributed by atoms with Crippen molar-refractivity contribution in [1.82, 2.24) is 27.9 Å². The van der Waals surface area contributed by atoms with Crippen LogP contribution in [0.4, 0.5) is 0 Å². The monoisotopic (exact) mass is 408 g/mol. The fourth-order valence-corrected chi connectivity index (χ4v) is 4.80. The summed E-state index contributed by atoms with van der Waals surface area (Å²) < 4.78 is 7.67. The summed E-state index contributed by atoms with van der Waals surface area (Å²) >= 11 is 1.62. The summed E-state index contributed by atoms with van der Waals surface area (Å²) in [7, 11) is 3.97. The molecule has 1 aliphatic heterocycles. The van der Waals surface area contributed by atoms with Gasteiger partial charge in [-0.25, -0.2) is 13.6 Å². The number of rotatable bonds is 6. The number of hydrogen-bond donors (Lipinski definition) is 1. The van der Waals surface area contributed by atoms with E-state index in [1.54, 1.807) is 29.1 Å². The van der Waals surface area contributed by atoms with E-state index in [1.807, 2.05) is 35.3 Å². The molecule has 3 aromatic heterocycles. The highest BCUT2D eigenvalue weighted by atomic mass is 32.2. The van der Waals surface area contributed by atoms with Crippen LogP contribution in [0.2, 0.25) is 0 Å². The zero-order chi connectivity index (χ0) is 20.6. The predicted octanol–water partition coefficient (Wildman–Crippen LogP) is 1.77. The van der Waals surface area contributed by atoms with Crippen LogP contribution in [-0.2, 0) is 12.3 Å². The third-order valence-electron chi connectivity index (χ3n) is 5.05. The van der Waals surface area contributed by atoms with Gasteiger partial charge in [-0.3, -0.25) is 4.68 Å². The molecule has 0 saturated carbocycles. The third kappa shape index (κ3) is 3.26. The lowest BCUT2D eigenvalue weighted by atomic mass is 9.89. The molecule has 0 bridgehead atoms. The second-order valence-corrected chi connectivity index (χ2v) is 8.66. The Morgan fingerprint density at radius 2 is 2.10 bits per heavy atom. The topological polar surface area (TPSA) is 110 Å². The molecule has 29 heavy (non-hydrogen) atoms. The second-order valence-electron chi connectivity index (χ2n) is 7.25. The molecule has 0 aromatic carbocycles. The number of nitriles is 2. The Kier molecular flexibility index (Phi) is 5.03. The van der Waals surface area contributed by atoms with Crippen molar-refractivity contribution in [3.63, 3.8) is 0 Å². The molecule has 3 aromatic rings. The standard InChI is InChI=1S/C19H20N8OS/c1-24(2)29-26-11-19(12-26,4-5-20)27-10-15(9-23-27)17-14(7-21)8-22-18-16(17)3-6-25(18)13-28/h3,6,8-10,28H,4,11-13H2,1-2H3. The van der Waals surface area contributed by atoms with Crippen molar-refractivity contribution in [3.05, 3.63) is 36.4 Å². The number of fused-ring (bicyclic) bond motifs is 1. The number of aliphatic hydroxyl groups excluding tert-OH is 1. The van der Waals surface area contributed by atoms with Crippen molar-refractivity contribution in [2.75, 3.05) is 27.2 Å². The van der Waals surface area contributed by atoms with Crippen molar-refractivity contribution in [2.24, 2.45) is 0 Å². The molecular formula is C19H20N8OS. The number of nitrogens with zero attached hydrogens (tertiary/aromatic N) is 8. The summed E-state index contributed by atoms with van der Waals surface area (Å²) in [4.78, 5) is 4.31. The van der Waals surface area contributed by atoms with E-state index < -0.39 is 0 Å². The quantitative estimate of drug-likeness (QED) is 0.615. The van der Waals surface area contributed by atoms with Gasteiger partial charge in [-0.2, -0.15) is 15.6 Å². The maximum atomic E-state index is 9.60. The van der Waals surface area contributed by atoms with Crippen LogP contribution in [0.15, 0.2) is 30.9 Å². The Morgan fingerprint density at radius 3 is 2.76 bits per heavy atom. The highest BCUT2D eigenvalue weighted by Crippen LogP contribution is 2.38. The van der Waals surface area contributed by atoms with Crippen molar-refractivity contribution >= 4 is 23.2 Å². The first-order chi connectivity index (χ1) is 14.0. The summed E-state index contributed by atoms with van der Waals surface area (Å²) in [6.07, 6.45) is 7.25. The van der Waals surface area contributed by atoms with Gasteiger partial charge in [-0.1, -0.05) is 0 Å². The zero-order valence-electron chi connectivity index (χ0n) is 16.1. The molecule has 1 N–H and O–H groups in total. The second kappa shape index (κ2) is 7.50. The predicted molar refractivity (Wildman–Crippen MR) is 109 cm³/mol. The lowest BCUT2D eigenvalue weighted by Crippen LogP contribution is -2.60. The van der Waals surface area contributed by atoms with Gasteiger partial charge in [0, 0.05) is 60.3 Å². The normalized spacial score (nSPS) is 15.9. The molecule has 1 aliphatic rings. The fourth-order valence-electron chi connectivity index (χ4n) is 3.74. The molecule has 0 radical (unpaired) electrons. The number of hydrogen-bond acceptors (Lipinski definition) is 8. The Labute approximate surface area is 172 Å². The lowest BCUT2D eigenvalue weighted by Gasteiger charge is -2.48. The summed E-state index contributed by atoms with van der Waals surface area (Å²) in [6.45, 7) is 1.23. The van der Waals surface area contributed by atoms with Crippen LogP contribution in [0.5, 0.6) is 0 Å². The van der Waals surface area contributed by atoms with Gasteiger partial charge in [0.2, 0.25) is 0 Å². The Bertz CT molecular complexity index is 1130. The molecule has 10 heteroatoms. The van der Waals surface area contributed by atoms with E-state index in [4.69, 9.17) is 0 Å². The van der Waals surface area contributed by atoms with E-state index in [0.717, 1.165) is 16.5 Å². The maximum absolute atomic E-state index is 9.60. The van der Waals surface area contributed by atoms with Crippen molar-refractivity contribution in [1.29, 1.82) is 10.5 Å². The zero-order valence-corrected chi connectivity index (χ0v) is 17.0. The van der Waals surface area contributed by atoms with Gasteiger partial charge in [0.05, 0.1) is 24.3 Å². The van der Waals surface area contributed by atoms with Crippen LogP contribution in [-0.4, -0.2) is 60.2 Å². The molecule has 0 amide bonds. The largest absolute Gasteiger partial charge is 0.376 e.